The van der Waals surface area contributed by atoms with Gasteiger partial charge in [0.1, 0.15) is 22.9 Å². The molecule has 10 heteroatoms. The van der Waals surface area contributed by atoms with E-state index in [4.69, 9.17) is 4.74 Å². The van der Waals surface area contributed by atoms with Crippen molar-refractivity contribution in [3.8, 4) is 22.9 Å². The van der Waals surface area contributed by atoms with Crippen LogP contribution in [0.25, 0.3) is 16.6 Å². The summed E-state index contributed by atoms with van der Waals surface area (Å²) in [6.45, 7) is 6.06. The van der Waals surface area contributed by atoms with Crippen molar-refractivity contribution < 1.29 is 14.3 Å². The van der Waals surface area contributed by atoms with Gasteiger partial charge in [0.15, 0.2) is 0 Å². The van der Waals surface area contributed by atoms with Crippen molar-refractivity contribution in [3.63, 3.8) is 0 Å². The topological polar surface area (TPSA) is 109 Å². The van der Waals surface area contributed by atoms with Gasteiger partial charge in [0.05, 0.1) is 25.5 Å². The molecule has 0 N–H and O–H groups in total. The monoisotopic (exact) mass is 473 g/mol. The molecule has 0 spiro atoms. The highest BCUT2D eigenvalue weighted by Gasteiger charge is 2.34. The highest BCUT2D eigenvalue weighted by Crippen LogP contribution is 2.31. The van der Waals surface area contributed by atoms with Gasteiger partial charge in [-0.15, -0.1) is 0 Å². The van der Waals surface area contributed by atoms with Crippen LogP contribution in [0.15, 0.2) is 43.5 Å². The molecular weight excluding hydrogens is 446 g/mol. The van der Waals surface area contributed by atoms with E-state index >= 15 is 0 Å². The molecule has 0 aliphatic carbocycles. The second kappa shape index (κ2) is 9.25. The van der Waals surface area contributed by atoms with Gasteiger partial charge in [-0.1, -0.05) is 6.58 Å². The molecule has 3 aromatic heterocycles. The zero-order valence-corrected chi connectivity index (χ0v) is 19.6. The number of carbonyl (C=O) groups is 2. The Labute approximate surface area is 203 Å². The van der Waals surface area contributed by atoms with E-state index in [-0.39, 0.29) is 23.8 Å². The van der Waals surface area contributed by atoms with Crippen molar-refractivity contribution in [2.45, 2.75) is 25.3 Å². The van der Waals surface area contributed by atoms with Crippen molar-refractivity contribution >= 4 is 17.3 Å². The molecule has 2 fully saturated rings. The predicted molar refractivity (Wildman–Crippen MR) is 127 cm³/mol. The lowest BCUT2D eigenvalue weighted by Crippen LogP contribution is -2.43. The Morgan fingerprint density at radius 2 is 1.89 bits per heavy atom. The van der Waals surface area contributed by atoms with E-state index in [9.17, 15) is 14.9 Å². The van der Waals surface area contributed by atoms with Gasteiger partial charge in [-0.25, -0.2) is 4.52 Å². The maximum absolute atomic E-state index is 13.1. The molecule has 35 heavy (non-hydrogen) atoms. The minimum atomic E-state index is -0.0681. The molecule has 0 bridgehead atoms. The van der Waals surface area contributed by atoms with Crippen molar-refractivity contribution in [3.05, 3.63) is 49.1 Å². The number of nitrogens with zero attached hydrogens (tertiary/aromatic N) is 7. The number of ether oxygens (including phenoxy) is 1. The van der Waals surface area contributed by atoms with E-state index < -0.39 is 0 Å². The van der Waals surface area contributed by atoms with Crippen LogP contribution in [0.1, 0.15) is 30.9 Å². The minimum Gasteiger partial charge on any atom is -0.494 e. The van der Waals surface area contributed by atoms with Crippen molar-refractivity contribution in [2.24, 2.45) is 5.92 Å². The fraction of sp³-hybridized carbons (Fsp3) is 0.400. The second-order valence-electron chi connectivity index (χ2n) is 9.00. The number of fused-ring (bicyclic) bond motifs is 1. The second-order valence-corrected chi connectivity index (χ2v) is 9.00. The first-order chi connectivity index (χ1) is 17.0. The van der Waals surface area contributed by atoms with E-state index in [1.165, 1.54) is 12.3 Å². The lowest BCUT2D eigenvalue weighted by atomic mass is 9.95. The largest absolute Gasteiger partial charge is 0.494 e. The number of likely N-dealkylation sites (tertiary alicyclic amines) is 2. The third-order valence-corrected chi connectivity index (χ3v) is 7.03. The zero-order chi connectivity index (χ0) is 24.5. The average Bonchev–Trinajstić information content (AvgIpc) is 3.66. The van der Waals surface area contributed by atoms with Gasteiger partial charge in [-0.3, -0.25) is 14.3 Å². The summed E-state index contributed by atoms with van der Waals surface area (Å²) < 4.78 is 9.08. The standard InChI is InChI=1S/C25H27N7O3/c1-3-23(33)29-7-4-17(5-8-29)25(34)30-9-6-21(16-30)31-15-20(13-27-31)18-10-22(35-2)24-19(11-26)12-28-32(24)14-18/h3,10,12-15,17,21H,1,4-9,16H2,2H3/t21-/m0/s1. The van der Waals surface area contributed by atoms with Crippen molar-refractivity contribution in [2.75, 3.05) is 33.3 Å². The first-order valence-electron chi connectivity index (χ1n) is 11.7. The Bertz CT molecular complexity index is 1330. The number of hydrogen-bond donors (Lipinski definition) is 0. The quantitative estimate of drug-likeness (QED) is 0.526. The molecule has 10 nitrogen and oxygen atoms in total. The molecule has 0 saturated carbocycles. The van der Waals surface area contributed by atoms with Crippen LogP contribution in [-0.2, 0) is 9.59 Å². The molecule has 3 aromatic rings. The number of amides is 2. The third kappa shape index (κ3) is 4.14. The smallest absolute Gasteiger partial charge is 0.245 e. The molecule has 0 aromatic carbocycles. The number of carbonyl (C=O) groups excluding carboxylic acids is 2. The number of aromatic nitrogens is 4. The molecule has 5 rings (SSSR count). The lowest BCUT2D eigenvalue weighted by molar-refractivity contribution is -0.138. The summed E-state index contributed by atoms with van der Waals surface area (Å²) in [6, 6.07) is 4.13. The summed E-state index contributed by atoms with van der Waals surface area (Å²) >= 11 is 0. The van der Waals surface area contributed by atoms with Gasteiger partial charge in [0, 0.05) is 55.6 Å². The number of rotatable bonds is 5. The molecule has 2 aliphatic rings. The normalized spacial score (nSPS) is 18.6. The van der Waals surface area contributed by atoms with Gasteiger partial charge in [0.2, 0.25) is 11.8 Å². The maximum Gasteiger partial charge on any atom is 0.245 e. The summed E-state index contributed by atoms with van der Waals surface area (Å²) in [6.07, 6.45) is 10.7. The Balaban J connectivity index is 1.27. The van der Waals surface area contributed by atoms with Crippen LogP contribution >= 0.6 is 0 Å². The molecule has 2 amide bonds. The Morgan fingerprint density at radius 3 is 2.60 bits per heavy atom. The summed E-state index contributed by atoms with van der Waals surface area (Å²) in [5.41, 5.74) is 2.87. The SMILES string of the molecule is C=CC(=O)N1CCC(C(=O)N2CC[C@H](n3cc(-c4cc(OC)c5c(C#N)cnn5c4)cn3)C2)CC1. The first-order valence-corrected chi connectivity index (χ1v) is 11.7. The van der Waals surface area contributed by atoms with Crippen molar-refractivity contribution in [1.29, 1.82) is 5.26 Å². The molecule has 180 valence electrons. The van der Waals surface area contributed by atoms with Gasteiger partial charge < -0.3 is 14.5 Å². The van der Waals surface area contributed by atoms with Crippen LogP contribution in [0, 0.1) is 17.2 Å². The van der Waals surface area contributed by atoms with Gasteiger partial charge in [-0.05, 0) is 31.4 Å². The van der Waals surface area contributed by atoms with Crippen LogP contribution < -0.4 is 4.74 Å². The molecular formula is C25H27N7O3. The van der Waals surface area contributed by atoms with E-state index in [0.29, 0.717) is 55.9 Å². The molecule has 5 heterocycles. The fourth-order valence-corrected chi connectivity index (χ4v) is 5.06. The van der Waals surface area contributed by atoms with Crippen LogP contribution in [0.5, 0.6) is 5.75 Å². The number of nitriles is 1. The van der Waals surface area contributed by atoms with Crippen LogP contribution in [-0.4, -0.2) is 74.3 Å². The summed E-state index contributed by atoms with van der Waals surface area (Å²) in [4.78, 5) is 28.6. The molecule has 0 radical (unpaired) electrons. The first kappa shape index (κ1) is 22.7. The van der Waals surface area contributed by atoms with Gasteiger partial charge >= 0.3 is 0 Å². The third-order valence-electron chi connectivity index (χ3n) is 7.03. The Morgan fingerprint density at radius 1 is 1.11 bits per heavy atom. The molecule has 2 aliphatic heterocycles. The lowest BCUT2D eigenvalue weighted by Gasteiger charge is -2.32. The molecule has 1 atom stereocenters. The summed E-state index contributed by atoms with van der Waals surface area (Å²) in [5.74, 6) is 0.638. The highest BCUT2D eigenvalue weighted by molar-refractivity contribution is 5.87. The van der Waals surface area contributed by atoms with Gasteiger partial charge in [-0.2, -0.15) is 15.5 Å². The summed E-state index contributed by atoms with van der Waals surface area (Å²) in [7, 11) is 1.57. The Kier molecular flexibility index (Phi) is 5.99. The van der Waals surface area contributed by atoms with E-state index in [1.807, 2.05) is 28.0 Å². The molecule has 0 unspecified atom stereocenters. The van der Waals surface area contributed by atoms with E-state index in [0.717, 1.165) is 17.5 Å². The van der Waals surface area contributed by atoms with Crippen molar-refractivity contribution in [1.82, 2.24) is 29.2 Å². The summed E-state index contributed by atoms with van der Waals surface area (Å²) in [5, 5.41) is 18.2. The zero-order valence-electron chi connectivity index (χ0n) is 19.6. The number of piperidine rings is 1. The van der Waals surface area contributed by atoms with Crippen LogP contribution in [0.4, 0.5) is 0 Å². The van der Waals surface area contributed by atoms with Gasteiger partial charge in [0.25, 0.3) is 0 Å². The molecule has 2 saturated heterocycles. The van der Waals surface area contributed by atoms with E-state index in [2.05, 4.69) is 22.8 Å². The maximum atomic E-state index is 13.1. The average molecular weight is 474 g/mol. The highest BCUT2D eigenvalue weighted by atomic mass is 16.5. The fourth-order valence-electron chi connectivity index (χ4n) is 5.06. The number of hydrogen-bond acceptors (Lipinski definition) is 6. The Hall–Kier alpha value is -4.13. The van der Waals surface area contributed by atoms with E-state index in [1.54, 1.807) is 22.7 Å². The number of methoxy groups -OCH3 is 1. The van der Waals surface area contributed by atoms with Crippen LogP contribution in [0.3, 0.4) is 0 Å². The minimum absolute atomic E-state index is 0.0395. The predicted octanol–water partition coefficient (Wildman–Crippen LogP) is 2.28. The van der Waals surface area contributed by atoms with Crippen LogP contribution in [0.2, 0.25) is 0 Å². The number of pyridine rings is 1.